The fraction of sp³-hybridized carbons (Fsp3) is 0.115. The van der Waals surface area contributed by atoms with Crippen LogP contribution in [0.4, 0.5) is 11.4 Å². The summed E-state index contributed by atoms with van der Waals surface area (Å²) in [7, 11) is 2.48. The highest BCUT2D eigenvalue weighted by Gasteiger charge is 2.27. The van der Waals surface area contributed by atoms with Crippen molar-refractivity contribution in [2.75, 3.05) is 24.4 Å². The highest BCUT2D eigenvalue weighted by Crippen LogP contribution is 2.30. The number of aryl methyl sites for hydroxylation is 1. The molecule has 1 N–H and O–H groups in total. The van der Waals surface area contributed by atoms with Crippen LogP contribution in [0.25, 0.3) is 10.6 Å². The summed E-state index contributed by atoms with van der Waals surface area (Å²) in [5, 5.41) is 11.8. The summed E-state index contributed by atoms with van der Waals surface area (Å²) in [5.74, 6) is -1.70. The van der Waals surface area contributed by atoms with Crippen LogP contribution >= 0.6 is 11.3 Å². The Morgan fingerprint density at radius 2 is 1.58 bits per heavy atom. The zero-order valence-electron chi connectivity index (χ0n) is 19.7. The summed E-state index contributed by atoms with van der Waals surface area (Å²) in [5.41, 5.74) is 3.19. The minimum Gasteiger partial charge on any atom is -0.465 e. The molecule has 0 aliphatic carbocycles. The number of methoxy groups -OCH3 is 2. The smallest absolute Gasteiger partial charge is 0.355 e. The molecular formula is C26H22N4O5S. The summed E-state index contributed by atoms with van der Waals surface area (Å²) in [6.45, 7) is 1.97. The van der Waals surface area contributed by atoms with Crippen molar-refractivity contribution in [1.82, 2.24) is 10.2 Å². The van der Waals surface area contributed by atoms with Crippen LogP contribution in [0.1, 0.15) is 15.4 Å². The Balaban J connectivity index is 1.58. The maximum atomic E-state index is 12.6. The molecule has 0 unspecified atom stereocenters. The second kappa shape index (κ2) is 10.8. The van der Waals surface area contributed by atoms with Gasteiger partial charge in [-0.3, -0.25) is 4.79 Å². The SMILES string of the molecule is COC(=O)C1=C(C(=O)OC)N(c2ccc(-c3nnc(C(=O)Nc4ccc(C)cc4)s3)cc2)C=CC=C1. The van der Waals surface area contributed by atoms with E-state index in [0.717, 1.165) is 22.5 Å². The zero-order chi connectivity index (χ0) is 25.7. The number of amides is 1. The first-order chi connectivity index (χ1) is 17.4. The molecule has 0 fully saturated rings. The molecular weight excluding hydrogens is 480 g/mol. The van der Waals surface area contributed by atoms with E-state index in [0.29, 0.717) is 16.4 Å². The Labute approximate surface area is 211 Å². The van der Waals surface area contributed by atoms with E-state index in [-0.39, 0.29) is 22.2 Å². The first-order valence-corrected chi connectivity index (χ1v) is 11.6. The van der Waals surface area contributed by atoms with Gasteiger partial charge in [-0.2, -0.15) is 0 Å². The van der Waals surface area contributed by atoms with Gasteiger partial charge in [0.15, 0.2) is 0 Å². The number of nitrogens with zero attached hydrogens (tertiary/aromatic N) is 3. The van der Waals surface area contributed by atoms with Gasteiger partial charge in [-0.15, -0.1) is 10.2 Å². The van der Waals surface area contributed by atoms with E-state index >= 15 is 0 Å². The van der Waals surface area contributed by atoms with Gasteiger partial charge in [-0.1, -0.05) is 35.1 Å². The van der Waals surface area contributed by atoms with Gasteiger partial charge in [-0.05, 0) is 55.5 Å². The van der Waals surface area contributed by atoms with Crippen LogP contribution in [-0.4, -0.2) is 42.3 Å². The van der Waals surface area contributed by atoms with Gasteiger partial charge in [0.25, 0.3) is 5.91 Å². The van der Waals surface area contributed by atoms with Crippen LogP contribution in [0.5, 0.6) is 0 Å². The summed E-state index contributed by atoms with van der Waals surface area (Å²) in [6, 6.07) is 14.6. The monoisotopic (exact) mass is 502 g/mol. The maximum absolute atomic E-state index is 12.6. The number of aromatic nitrogens is 2. The third kappa shape index (κ3) is 5.23. The first-order valence-electron chi connectivity index (χ1n) is 10.8. The number of benzene rings is 2. The fourth-order valence-electron chi connectivity index (χ4n) is 3.38. The lowest BCUT2D eigenvalue weighted by molar-refractivity contribution is -0.139. The molecule has 1 aromatic heterocycles. The minimum atomic E-state index is -0.691. The van der Waals surface area contributed by atoms with Gasteiger partial charge < -0.3 is 19.7 Å². The molecule has 1 amide bonds. The molecule has 4 rings (SSSR count). The molecule has 0 radical (unpaired) electrons. The Bertz CT molecular complexity index is 1390. The Hall–Kier alpha value is -4.57. The zero-order valence-corrected chi connectivity index (χ0v) is 20.5. The molecule has 3 aromatic rings. The van der Waals surface area contributed by atoms with Gasteiger partial charge in [0, 0.05) is 23.1 Å². The molecule has 0 bridgehead atoms. The lowest BCUT2D eigenvalue weighted by atomic mass is 10.1. The quantitative estimate of drug-likeness (QED) is 0.498. The molecule has 0 spiro atoms. The highest BCUT2D eigenvalue weighted by molar-refractivity contribution is 7.16. The average molecular weight is 503 g/mol. The van der Waals surface area contributed by atoms with E-state index < -0.39 is 11.9 Å². The Kier molecular flexibility index (Phi) is 7.36. The standard InChI is InChI=1S/C26H22N4O5S/c1-16-7-11-18(12-8-16)27-22(31)24-29-28-23(36-24)17-9-13-19(14-10-17)30-15-5-4-6-20(25(32)34-2)21(30)26(33)35-3/h4-15H,1-3H3,(H,27,31). The lowest BCUT2D eigenvalue weighted by Crippen LogP contribution is -2.26. The normalized spacial score (nSPS) is 12.8. The molecule has 2 aromatic carbocycles. The number of esters is 2. The van der Waals surface area contributed by atoms with Gasteiger partial charge in [0.1, 0.15) is 10.7 Å². The number of nitrogens with one attached hydrogen (secondary N) is 1. The average Bonchev–Trinajstić information content (AvgIpc) is 3.30. The minimum absolute atomic E-state index is 0.0214. The van der Waals surface area contributed by atoms with Crippen LogP contribution in [0, 0.1) is 6.92 Å². The molecule has 0 saturated carbocycles. The van der Waals surface area contributed by atoms with Gasteiger partial charge in [-0.25, -0.2) is 9.59 Å². The van der Waals surface area contributed by atoms with E-state index in [2.05, 4.69) is 15.5 Å². The number of ether oxygens (including phenoxy) is 2. The largest absolute Gasteiger partial charge is 0.465 e. The van der Waals surface area contributed by atoms with E-state index in [1.165, 1.54) is 20.3 Å². The number of rotatable bonds is 6. The molecule has 1 aliphatic heterocycles. The van der Waals surface area contributed by atoms with E-state index in [4.69, 9.17) is 9.47 Å². The number of carbonyl (C=O) groups excluding carboxylic acids is 3. The topological polar surface area (TPSA) is 111 Å². The van der Waals surface area contributed by atoms with Crippen LogP contribution in [0.2, 0.25) is 0 Å². The Morgan fingerprint density at radius 1 is 0.889 bits per heavy atom. The summed E-state index contributed by atoms with van der Waals surface area (Å²) in [4.78, 5) is 39.0. The van der Waals surface area contributed by atoms with Gasteiger partial charge in [0.05, 0.1) is 19.8 Å². The van der Waals surface area contributed by atoms with Crippen molar-refractivity contribution in [3.8, 4) is 10.6 Å². The van der Waals surface area contributed by atoms with Crippen molar-refractivity contribution in [3.05, 3.63) is 94.8 Å². The second-order valence-corrected chi connectivity index (χ2v) is 8.57. The molecule has 1 aliphatic rings. The van der Waals surface area contributed by atoms with Crippen LogP contribution in [-0.2, 0) is 19.1 Å². The van der Waals surface area contributed by atoms with Crippen molar-refractivity contribution in [2.24, 2.45) is 0 Å². The third-order valence-electron chi connectivity index (χ3n) is 5.21. The van der Waals surface area contributed by atoms with Crippen LogP contribution < -0.4 is 10.2 Å². The number of anilines is 2. The molecule has 2 heterocycles. The summed E-state index contributed by atoms with van der Waals surface area (Å²) >= 11 is 1.16. The second-order valence-electron chi connectivity index (χ2n) is 7.60. The first kappa shape index (κ1) is 24.6. The predicted molar refractivity (Wildman–Crippen MR) is 136 cm³/mol. The van der Waals surface area contributed by atoms with Crippen molar-refractivity contribution in [1.29, 1.82) is 0 Å². The molecule has 9 nitrogen and oxygen atoms in total. The lowest BCUT2D eigenvalue weighted by Gasteiger charge is -2.23. The van der Waals surface area contributed by atoms with Gasteiger partial charge >= 0.3 is 11.9 Å². The number of hydrogen-bond donors (Lipinski definition) is 1. The molecule has 0 atom stereocenters. The van der Waals surface area contributed by atoms with Crippen molar-refractivity contribution in [3.63, 3.8) is 0 Å². The summed E-state index contributed by atoms with van der Waals surface area (Å²) < 4.78 is 9.76. The summed E-state index contributed by atoms with van der Waals surface area (Å²) in [6.07, 6.45) is 6.46. The highest BCUT2D eigenvalue weighted by atomic mass is 32.1. The Morgan fingerprint density at radius 3 is 2.25 bits per heavy atom. The van der Waals surface area contributed by atoms with E-state index in [9.17, 15) is 14.4 Å². The van der Waals surface area contributed by atoms with E-state index in [1.807, 2.05) is 31.2 Å². The van der Waals surface area contributed by atoms with Crippen molar-refractivity contribution < 1.29 is 23.9 Å². The molecule has 182 valence electrons. The third-order valence-corrected chi connectivity index (χ3v) is 6.18. The van der Waals surface area contributed by atoms with E-state index in [1.54, 1.807) is 47.5 Å². The van der Waals surface area contributed by atoms with Crippen LogP contribution in [0.15, 0.2) is 84.2 Å². The van der Waals surface area contributed by atoms with Crippen molar-refractivity contribution in [2.45, 2.75) is 6.92 Å². The fourth-order valence-corrected chi connectivity index (χ4v) is 4.13. The predicted octanol–water partition coefficient (Wildman–Crippen LogP) is 4.26. The number of hydrogen-bond acceptors (Lipinski definition) is 9. The van der Waals surface area contributed by atoms with Gasteiger partial charge in [0.2, 0.25) is 5.01 Å². The molecule has 0 saturated heterocycles. The molecule has 36 heavy (non-hydrogen) atoms. The number of carbonyl (C=O) groups is 3. The van der Waals surface area contributed by atoms with Crippen LogP contribution in [0.3, 0.4) is 0 Å². The number of allylic oxidation sites excluding steroid dienone is 2. The molecule has 10 heteroatoms. The maximum Gasteiger partial charge on any atom is 0.355 e. The van der Waals surface area contributed by atoms with Crippen molar-refractivity contribution >= 4 is 40.6 Å².